The molecular formula is C12H21N3O4S2. The van der Waals surface area contributed by atoms with E-state index in [1.54, 1.807) is 19.9 Å². The summed E-state index contributed by atoms with van der Waals surface area (Å²) in [5.41, 5.74) is 8.23. The molecule has 0 fully saturated rings. The molecule has 0 atom stereocenters. The van der Waals surface area contributed by atoms with Gasteiger partial charge in [0.25, 0.3) is 0 Å². The summed E-state index contributed by atoms with van der Waals surface area (Å²) in [7, 11) is -7.08. The van der Waals surface area contributed by atoms with E-state index in [2.05, 4.69) is 9.44 Å². The van der Waals surface area contributed by atoms with Crippen LogP contribution in [0.15, 0.2) is 11.0 Å². The second-order valence-corrected chi connectivity index (χ2v) is 8.48. The number of nitrogen functional groups attached to an aromatic ring is 1. The molecule has 0 bridgehead atoms. The minimum atomic E-state index is -3.74. The molecule has 0 radical (unpaired) electrons. The topological polar surface area (TPSA) is 118 Å². The number of benzene rings is 1. The molecule has 1 rings (SSSR count). The molecule has 21 heavy (non-hydrogen) atoms. The third kappa shape index (κ3) is 4.67. The van der Waals surface area contributed by atoms with Crippen molar-refractivity contribution in [3.8, 4) is 0 Å². The highest BCUT2D eigenvalue weighted by atomic mass is 32.2. The van der Waals surface area contributed by atoms with Crippen LogP contribution < -0.4 is 15.2 Å². The van der Waals surface area contributed by atoms with E-state index in [0.717, 1.165) is 11.8 Å². The van der Waals surface area contributed by atoms with Gasteiger partial charge in [-0.3, -0.25) is 0 Å². The van der Waals surface area contributed by atoms with Gasteiger partial charge in [0.2, 0.25) is 20.0 Å². The SMILES string of the molecule is Cc1cc(C)c(S(=O)(=O)NCCNS(C)(=O)=O)c(C)c1N. The van der Waals surface area contributed by atoms with E-state index in [1.165, 1.54) is 0 Å². The van der Waals surface area contributed by atoms with Crippen molar-refractivity contribution in [3.63, 3.8) is 0 Å². The van der Waals surface area contributed by atoms with E-state index in [-0.39, 0.29) is 18.0 Å². The molecule has 4 N–H and O–H groups in total. The van der Waals surface area contributed by atoms with E-state index < -0.39 is 20.0 Å². The van der Waals surface area contributed by atoms with E-state index >= 15 is 0 Å². The summed E-state index contributed by atoms with van der Waals surface area (Å²) >= 11 is 0. The van der Waals surface area contributed by atoms with Gasteiger partial charge in [0.15, 0.2) is 0 Å². The fourth-order valence-corrected chi connectivity index (χ4v) is 4.07. The van der Waals surface area contributed by atoms with Crippen LogP contribution in [0.5, 0.6) is 0 Å². The Morgan fingerprint density at radius 3 is 2.05 bits per heavy atom. The normalized spacial score (nSPS) is 12.6. The standard InChI is InChI=1S/C12H21N3O4S2/c1-8-7-9(2)12(10(3)11(8)13)21(18,19)15-6-5-14-20(4,16)17/h7,14-15H,5-6,13H2,1-4H3. The van der Waals surface area contributed by atoms with Crippen molar-refractivity contribution in [1.82, 2.24) is 9.44 Å². The van der Waals surface area contributed by atoms with Crippen molar-refractivity contribution < 1.29 is 16.8 Å². The fourth-order valence-electron chi connectivity index (χ4n) is 2.09. The third-order valence-electron chi connectivity index (χ3n) is 3.01. The maximum absolute atomic E-state index is 12.3. The number of nitrogens with two attached hydrogens (primary N) is 1. The fraction of sp³-hybridized carbons (Fsp3) is 0.500. The van der Waals surface area contributed by atoms with Crippen LogP contribution >= 0.6 is 0 Å². The van der Waals surface area contributed by atoms with E-state index in [0.29, 0.717) is 16.8 Å². The van der Waals surface area contributed by atoms with E-state index in [1.807, 2.05) is 6.92 Å². The van der Waals surface area contributed by atoms with E-state index in [9.17, 15) is 16.8 Å². The number of aryl methyl sites for hydroxylation is 2. The summed E-state index contributed by atoms with van der Waals surface area (Å²) in [4.78, 5) is 0.143. The van der Waals surface area contributed by atoms with Crippen LogP contribution in [0, 0.1) is 20.8 Å². The molecule has 0 saturated heterocycles. The maximum atomic E-state index is 12.3. The Labute approximate surface area is 126 Å². The van der Waals surface area contributed by atoms with Crippen LogP contribution in [0.4, 0.5) is 5.69 Å². The number of sulfonamides is 2. The van der Waals surface area contributed by atoms with Crippen molar-refractivity contribution >= 4 is 25.7 Å². The monoisotopic (exact) mass is 335 g/mol. The summed E-state index contributed by atoms with van der Waals surface area (Å²) in [6.45, 7) is 5.11. The number of rotatable bonds is 6. The lowest BCUT2D eigenvalue weighted by molar-refractivity contribution is 0.572. The van der Waals surface area contributed by atoms with Crippen molar-refractivity contribution in [2.45, 2.75) is 25.7 Å². The molecule has 1 aromatic rings. The zero-order chi connectivity index (χ0) is 16.4. The van der Waals surface area contributed by atoms with E-state index in [4.69, 9.17) is 5.73 Å². The second kappa shape index (κ2) is 6.30. The molecular weight excluding hydrogens is 314 g/mol. The summed E-state index contributed by atoms with van der Waals surface area (Å²) in [6, 6.07) is 1.71. The van der Waals surface area contributed by atoms with Crippen LogP contribution in [-0.4, -0.2) is 36.2 Å². The Balaban J connectivity index is 2.97. The summed E-state index contributed by atoms with van der Waals surface area (Å²) < 4.78 is 51.0. The lowest BCUT2D eigenvalue weighted by atomic mass is 10.1. The average molecular weight is 335 g/mol. The van der Waals surface area contributed by atoms with Gasteiger partial charge in [-0.25, -0.2) is 26.3 Å². The van der Waals surface area contributed by atoms with Crippen LogP contribution in [0.3, 0.4) is 0 Å². The van der Waals surface area contributed by atoms with Crippen molar-refractivity contribution in [2.75, 3.05) is 25.1 Å². The number of anilines is 1. The van der Waals surface area contributed by atoms with Crippen LogP contribution in [0.25, 0.3) is 0 Å². The molecule has 0 aliphatic rings. The highest BCUT2D eigenvalue weighted by molar-refractivity contribution is 7.89. The molecule has 0 unspecified atom stereocenters. The van der Waals surface area contributed by atoms with Gasteiger partial charge in [-0.05, 0) is 37.5 Å². The smallest absolute Gasteiger partial charge is 0.241 e. The quantitative estimate of drug-likeness (QED) is 0.500. The van der Waals surface area contributed by atoms with Gasteiger partial charge in [0, 0.05) is 18.8 Å². The predicted molar refractivity (Wildman–Crippen MR) is 83.1 cm³/mol. The molecule has 120 valence electrons. The van der Waals surface area contributed by atoms with Gasteiger partial charge in [-0.1, -0.05) is 6.07 Å². The molecule has 0 aromatic heterocycles. The summed E-state index contributed by atoms with van der Waals surface area (Å²) in [6.07, 6.45) is 1.01. The lowest BCUT2D eigenvalue weighted by Gasteiger charge is -2.15. The predicted octanol–water partition coefficient (Wildman–Crippen LogP) is 0.0216. The van der Waals surface area contributed by atoms with Crippen LogP contribution in [0.1, 0.15) is 16.7 Å². The first-order valence-electron chi connectivity index (χ1n) is 6.26. The Hall–Kier alpha value is -1.16. The lowest BCUT2D eigenvalue weighted by Crippen LogP contribution is -2.34. The zero-order valence-electron chi connectivity index (χ0n) is 12.5. The van der Waals surface area contributed by atoms with Gasteiger partial charge in [-0.15, -0.1) is 0 Å². The molecule has 0 amide bonds. The Morgan fingerprint density at radius 1 is 1.00 bits per heavy atom. The second-order valence-electron chi connectivity index (χ2n) is 4.94. The number of hydrogen-bond donors (Lipinski definition) is 3. The Bertz CT molecular complexity index is 740. The Morgan fingerprint density at radius 2 is 1.52 bits per heavy atom. The highest BCUT2D eigenvalue weighted by Gasteiger charge is 2.21. The largest absolute Gasteiger partial charge is 0.398 e. The molecule has 0 heterocycles. The minimum Gasteiger partial charge on any atom is -0.398 e. The third-order valence-corrected chi connectivity index (χ3v) is 5.49. The van der Waals surface area contributed by atoms with Gasteiger partial charge in [0.1, 0.15) is 0 Å². The van der Waals surface area contributed by atoms with Crippen LogP contribution in [-0.2, 0) is 20.0 Å². The van der Waals surface area contributed by atoms with Crippen molar-refractivity contribution in [2.24, 2.45) is 0 Å². The van der Waals surface area contributed by atoms with Gasteiger partial charge >= 0.3 is 0 Å². The first kappa shape index (κ1) is 17.9. The average Bonchev–Trinajstić information content (AvgIpc) is 2.30. The van der Waals surface area contributed by atoms with Crippen molar-refractivity contribution in [1.29, 1.82) is 0 Å². The maximum Gasteiger partial charge on any atom is 0.241 e. The molecule has 9 heteroatoms. The molecule has 1 aromatic carbocycles. The van der Waals surface area contributed by atoms with Gasteiger partial charge < -0.3 is 5.73 Å². The minimum absolute atomic E-state index is 0.0164. The molecule has 0 aliphatic carbocycles. The first-order chi connectivity index (χ1) is 9.46. The first-order valence-corrected chi connectivity index (χ1v) is 9.63. The number of nitrogens with one attached hydrogen (secondary N) is 2. The number of hydrogen-bond acceptors (Lipinski definition) is 5. The highest BCUT2D eigenvalue weighted by Crippen LogP contribution is 2.27. The molecule has 0 saturated carbocycles. The Kier molecular flexibility index (Phi) is 5.37. The summed E-state index contributed by atoms with van der Waals surface area (Å²) in [5, 5.41) is 0. The van der Waals surface area contributed by atoms with Crippen molar-refractivity contribution in [3.05, 3.63) is 22.8 Å². The van der Waals surface area contributed by atoms with Gasteiger partial charge in [-0.2, -0.15) is 0 Å². The molecule has 0 spiro atoms. The molecule has 0 aliphatic heterocycles. The van der Waals surface area contributed by atoms with Crippen LogP contribution in [0.2, 0.25) is 0 Å². The van der Waals surface area contributed by atoms with Gasteiger partial charge in [0.05, 0.1) is 11.2 Å². The summed E-state index contributed by atoms with van der Waals surface area (Å²) in [5.74, 6) is 0. The zero-order valence-corrected chi connectivity index (χ0v) is 14.2. The molecule has 7 nitrogen and oxygen atoms in total.